The number of hydrogen-bond acceptors (Lipinski definition) is 8. The third kappa shape index (κ3) is 6.88. The summed E-state index contributed by atoms with van der Waals surface area (Å²) in [4.78, 5) is 34.6. The normalized spacial score (nSPS) is 15.7. The number of carbonyl (C=O) groups excluding carboxylic acids is 1. The first-order valence-electron chi connectivity index (χ1n) is 14.7. The number of pyridine rings is 2. The second-order valence-corrected chi connectivity index (χ2v) is 11.2. The molecule has 0 saturated carbocycles. The minimum Gasteiger partial charge on any atom is -0.369 e. The lowest BCUT2D eigenvalue weighted by atomic mass is 9.96. The molecule has 0 radical (unpaired) electrons. The van der Waals surface area contributed by atoms with Gasteiger partial charge in [-0.25, -0.2) is 23.7 Å². The Bertz CT molecular complexity index is 1560. The number of para-hydroxylation sites is 1. The van der Waals surface area contributed by atoms with Gasteiger partial charge < -0.3 is 20.4 Å². The number of nitrogens with zero attached hydrogens (tertiary/aromatic N) is 6. The number of rotatable bonds is 10. The first-order valence-corrected chi connectivity index (χ1v) is 14.7. The van der Waals surface area contributed by atoms with Crippen molar-refractivity contribution < 1.29 is 13.6 Å². The summed E-state index contributed by atoms with van der Waals surface area (Å²) in [5.41, 5.74) is 3.11. The van der Waals surface area contributed by atoms with E-state index in [0.29, 0.717) is 35.9 Å². The van der Waals surface area contributed by atoms with Gasteiger partial charge in [0.25, 0.3) is 5.91 Å². The molecule has 4 heterocycles. The largest absolute Gasteiger partial charge is 0.369 e. The molecule has 0 aliphatic carbocycles. The molecule has 1 aliphatic rings. The summed E-state index contributed by atoms with van der Waals surface area (Å²) in [6, 6.07) is 11.7. The Hall–Kier alpha value is -4.25. The van der Waals surface area contributed by atoms with E-state index in [0.717, 1.165) is 54.8 Å². The number of fused-ring (bicyclic) bond motifs is 1. The Kier molecular flexibility index (Phi) is 9.40. The molecular formula is C32H38F2N8O. The summed E-state index contributed by atoms with van der Waals surface area (Å²) >= 11 is 0. The van der Waals surface area contributed by atoms with Crippen molar-refractivity contribution in [3.8, 4) is 11.3 Å². The predicted molar refractivity (Wildman–Crippen MR) is 166 cm³/mol. The van der Waals surface area contributed by atoms with Crippen LogP contribution in [0, 0.1) is 5.82 Å². The molecule has 43 heavy (non-hydrogen) atoms. The third-order valence-corrected chi connectivity index (χ3v) is 8.14. The number of anilines is 2. The number of benzene rings is 1. The minimum atomic E-state index is -0.803. The number of likely N-dealkylation sites (tertiary alicyclic amines) is 1. The lowest BCUT2D eigenvalue weighted by Gasteiger charge is -2.37. The highest BCUT2D eigenvalue weighted by Crippen LogP contribution is 2.29. The maximum absolute atomic E-state index is 14.5. The summed E-state index contributed by atoms with van der Waals surface area (Å²) < 4.78 is 27.8. The van der Waals surface area contributed by atoms with Gasteiger partial charge in [0.05, 0.1) is 23.0 Å². The van der Waals surface area contributed by atoms with Crippen LogP contribution in [0.3, 0.4) is 0 Å². The van der Waals surface area contributed by atoms with Crippen LogP contribution in [0.25, 0.3) is 22.2 Å². The Morgan fingerprint density at radius 1 is 1.09 bits per heavy atom. The highest BCUT2D eigenvalue weighted by Gasteiger charge is 2.24. The molecule has 1 aliphatic heterocycles. The first kappa shape index (κ1) is 30.2. The topological polar surface area (TPSA) is 99.2 Å². The maximum atomic E-state index is 14.5. The summed E-state index contributed by atoms with van der Waals surface area (Å²) in [6.45, 7) is 6.47. The SMILES string of the molecule is CNC(=O)c1c(F)cnc2c([C@H](C)CNc3cc(-c4ccc(N(C)C5CCN(CC(C)F)CC5)nc4)ncn3)cccc12. The van der Waals surface area contributed by atoms with Gasteiger partial charge in [-0.2, -0.15) is 0 Å². The molecule has 11 heteroatoms. The smallest absolute Gasteiger partial charge is 0.254 e. The van der Waals surface area contributed by atoms with E-state index in [4.69, 9.17) is 4.98 Å². The van der Waals surface area contributed by atoms with E-state index >= 15 is 0 Å². The van der Waals surface area contributed by atoms with Gasteiger partial charge in [0.2, 0.25) is 0 Å². The van der Waals surface area contributed by atoms with Gasteiger partial charge in [-0.15, -0.1) is 0 Å². The molecule has 226 valence electrons. The molecule has 1 fully saturated rings. The van der Waals surface area contributed by atoms with E-state index in [2.05, 4.69) is 42.4 Å². The van der Waals surface area contributed by atoms with Gasteiger partial charge in [-0.05, 0) is 37.5 Å². The van der Waals surface area contributed by atoms with Crippen molar-refractivity contribution in [1.29, 1.82) is 0 Å². The van der Waals surface area contributed by atoms with Crippen LogP contribution in [-0.4, -0.2) is 83.2 Å². The average molecular weight is 589 g/mol. The Morgan fingerprint density at radius 2 is 1.88 bits per heavy atom. The number of halogens is 2. The second kappa shape index (κ2) is 13.4. The van der Waals surface area contributed by atoms with Gasteiger partial charge in [0.1, 0.15) is 24.1 Å². The van der Waals surface area contributed by atoms with Crippen LogP contribution in [0.4, 0.5) is 20.4 Å². The zero-order chi connectivity index (χ0) is 30.5. The fourth-order valence-electron chi connectivity index (χ4n) is 5.73. The molecule has 5 rings (SSSR count). The minimum absolute atomic E-state index is 0.00518. The second-order valence-electron chi connectivity index (χ2n) is 11.2. The highest BCUT2D eigenvalue weighted by molar-refractivity contribution is 6.06. The number of aromatic nitrogens is 4. The molecule has 1 aromatic carbocycles. The van der Waals surface area contributed by atoms with Crippen molar-refractivity contribution in [2.45, 2.75) is 44.8 Å². The van der Waals surface area contributed by atoms with Gasteiger partial charge in [-0.3, -0.25) is 9.78 Å². The van der Waals surface area contributed by atoms with Gasteiger partial charge in [-0.1, -0.05) is 25.1 Å². The van der Waals surface area contributed by atoms with E-state index in [-0.39, 0.29) is 11.5 Å². The molecule has 2 atom stereocenters. The molecule has 3 aromatic heterocycles. The molecule has 0 bridgehead atoms. The summed E-state index contributed by atoms with van der Waals surface area (Å²) in [7, 11) is 3.54. The van der Waals surface area contributed by atoms with Crippen molar-refractivity contribution in [3.63, 3.8) is 0 Å². The zero-order valence-electron chi connectivity index (χ0n) is 25.0. The van der Waals surface area contributed by atoms with Crippen LogP contribution in [-0.2, 0) is 0 Å². The number of hydrogen-bond donors (Lipinski definition) is 2. The van der Waals surface area contributed by atoms with Crippen LogP contribution < -0.4 is 15.5 Å². The number of nitrogens with one attached hydrogen (secondary N) is 2. The standard InChI is InChI=1S/C32H38F2N8O/c1-20(24-6-5-7-25-30(32(43)35-3)26(34)17-38-31(24)25)15-36-28-14-27(39-19-40-28)22-8-9-29(37-16-22)41(4)23-10-12-42(13-11-23)18-21(2)33/h5-9,14,16-17,19-21,23H,10-13,15,18H2,1-4H3,(H,35,43)(H,36,39,40)/t20-,21?/m1/s1. The number of carbonyl (C=O) groups is 1. The van der Waals surface area contributed by atoms with Crippen molar-refractivity contribution in [2.75, 3.05) is 50.5 Å². The van der Waals surface area contributed by atoms with E-state index in [1.54, 1.807) is 13.0 Å². The summed E-state index contributed by atoms with van der Waals surface area (Å²) in [5.74, 6) is 0.410. The third-order valence-electron chi connectivity index (χ3n) is 8.14. The van der Waals surface area contributed by atoms with Crippen LogP contribution in [0.2, 0.25) is 0 Å². The van der Waals surface area contributed by atoms with Gasteiger partial charge in [0, 0.05) is 75.4 Å². The zero-order valence-corrected chi connectivity index (χ0v) is 25.0. The van der Waals surface area contributed by atoms with Crippen molar-refractivity contribution >= 4 is 28.4 Å². The molecule has 1 amide bonds. The summed E-state index contributed by atoms with van der Waals surface area (Å²) in [5, 5.41) is 6.36. The fraction of sp³-hybridized carbons (Fsp3) is 0.406. The molecular weight excluding hydrogens is 550 g/mol. The lowest BCUT2D eigenvalue weighted by Crippen LogP contribution is -2.45. The van der Waals surface area contributed by atoms with Gasteiger partial charge in [0.15, 0.2) is 5.82 Å². The van der Waals surface area contributed by atoms with Crippen molar-refractivity contribution in [1.82, 2.24) is 30.2 Å². The Labute approximate surface area is 250 Å². The van der Waals surface area contributed by atoms with Crippen LogP contribution in [0.1, 0.15) is 48.5 Å². The van der Waals surface area contributed by atoms with E-state index in [1.807, 2.05) is 43.5 Å². The molecule has 2 N–H and O–H groups in total. The number of amides is 1. The van der Waals surface area contributed by atoms with E-state index in [9.17, 15) is 13.6 Å². The number of alkyl halides is 1. The van der Waals surface area contributed by atoms with Crippen molar-refractivity contribution in [3.05, 3.63) is 72.1 Å². The molecule has 1 saturated heterocycles. The van der Waals surface area contributed by atoms with Crippen LogP contribution in [0.5, 0.6) is 0 Å². The van der Waals surface area contributed by atoms with Gasteiger partial charge >= 0.3 is 0 Å². The van der Waals surface area contributed by atoms with E-state index < -0.39 is 17.9 Å². The fourth-order valence-corrected chi connectivity index (χ4v) is 5.73. The van der Waals surface area contributed by atoms with E-state index in [1.165, 1.54) is 13.4 Å². The Balaban J connectivity index is 1.24. The maximum Gasteiger partial charge on any atom is 0.254 e. The quantitative estimate of drug-likeness (QED) is 0.265. The van der Waals surface area contributed by atoms with Crippen LogP contribution in [0.15, 0.2) is 55.1 Å². The first-order chi connectivity index (χ1) is 20.7. The summed E-state index contributed by atoms with van der Waals surface area (Å²) in [6.07, 6.45) is 5.60. The highest BCUT2D eigenvalue weighted by atomic mass is 19.1. The number of piperidine rings is 1. The van der Waals surface area contributed by atoms with Crippen molar-refractivity contribution in [2.24, 2.45) is 0 Å². The van der Waals surface area contributed by atoms with Crippen LogP contribution >= 0.6 is 0 Å². The lowest BCUT2D eigenvalue weighted by molar-refractivity contribution is 0.0960. The molecule has 0 spiro atoms. The average Bonchev–Trinajstić information content (AvgIpc) is 3.03. The molecule has 4 aromatic rings. The molecule has 1 unspecified atom stereocenters. The predicted octanol–water partition coefficient (Wildman–Crippen LogP) is 5.06. The Morgan fingerprint density at radius 3 is 2.58 bits per heavy atom. The molecule has 9 nitrogen and oxygen atoms in total. The monoisotopic (exact) mass is 588 g/mol.